The highest BCUT2D eigenvalue weighted by atomic mass is 35.5. The zero-order valence-corrected chi connectivity index (χ0v) is 21.4. The van der Waals surface area contributed by atoms with Gasteiger partial charge in [-0.25, -0.2) is 12.8 Å². The Balaban J connectivity index is 1.55. The van der Waals surface area contributed by atoms with Gasteiger partial charge in [0.2, 0.25) is 10.0 Å². The Kier molecular flexibility index (Phi) is 9.24. The van der Waals surface area contributed by atoms with E-state index in [2.05, 4.69) is 5.32 Å². The van der Waals surface area contributed by atoms with Crippen LogP contribution in [-0.2, 0) is 22.3 Å². The monoisotopic (exact) mass is 540 g/mol. The summed E-state index contributed by atoms with van der Waals surface area (Å²) in [6.07, 6.45) is 1.06. The number of carbonyl (C=O) groups is 1. The number of anilines is 1. The SMILES string of the molecule is CS(=O)(=O)N(Cc1ccccc1F)c1ccc(C(=O)NCCSCc2ccc(Cl)cc2Cl)cc1. The maximum absolute atomic E-state index is 14.0. The fraction of sp³-hybridized carbons (Fsp3) is 0.208. The third-order valence-corrected chi connectivity index (χ3v) is 7.63. The minimum atomic E-state index is -3.67. The average Bonchev–Trinajstić information content (AvgIpc) is 2.79. The molecule has 3 rings (SSSR count). The molecule has 0 bridgehead atoms. The molecule has 0 fully saturated rings. The van der Waals surface area contributed by atoms with E-state index in [0.717, 1.165) is 16.1 Å². The number of rotatable bonds is 10. The molecule has 3 aromatic carbocycles. The topological polar surface area (TPSA) is 66.5 Å². The van der Waals surface area contributed by atoms with Crippen molar-refractivity contribution in [2.24, 2.45) is 0 Å². The van der Waals surface area contributed by atoms with Crippen molar-refractivity contribution in [3.05, 3.63) is 99.3 Å². The van der Waals surface area contributed by atoms with Crippen LogP contribution in [0.1, 0.15) is 21.5 Å². The summed E-state index contributed by atoms with van der Waals surface area (Å²) in [6.45, 7) is 0.311. The third-order valence-electron chi connectivity index (χ3n) is 4.89. The first kappa shape index (κ1) is 26.3. The minimum Gasteiger partial charge on any atom is -0.351 e. The second-order valence-corrected chi connectivity index (χ2v) is 11.3. The first-order chi connectivity index (χ1) is 16.1. The highest BCUT2D eigenvalue weighted by Crippen LogP contribution is 2.25. The molecule has 0 atom stereocenters. The van der Waals surface area contributed by atoms with Crippen molar-refractivity contribution in [3.8, 4) is 0 Å². The van der Waals surface area contributed by atoms with Crippen molar-refractivity contribution >= 4 is 56.6 Å². The van der Waals surface area contributed by atoms with Crippen LogP contribution in [0.3, 0.4) is 0 Å². The predicted molar refractivity (Wildman–Crippen MR) is 139 cm³/mol. The van der Waals surface area contributed by atoms with Gasteiger partial charge in [0, 0.05) is 39.2 Å². The van der Waals surface area contributed by atoms with Crippen LogP contribution in [0, 0.1) is 5.82 Å². The molecule has 0 unspecified atom stereocenters. The number of sulfonamides is 1. The zero-order valence-electron chi connectivity index (χ0n) is 18.3. The van der Waals surface area contributed by atoms with Gasteiger partial charge in [0.15, 0.2) is 0 Å². The van der Waals surface area contributed by atoms with E-state index in [1.807, 2.05) is 6.07 Å². The first-order valence-corrected chi connectivity index (χ1v) is 14.0. The van der Waals surface area contributed by atoms with Crippen LogP contribution in [-0.4, -0.2) is 32.9 Å². The molecule has 0 aromatic heterocycles. The van der Waals surface area contributed by atoms with Crippen molar-refractivity contribution in [2.45, 2.75) is 12.3 Å². The van der Waals surface area contributed by atoms with E-state index in [0.29, 0.717) is 39.3 Å². The smallest absolute Gasteiger partial charge is 0.251 e. The highest BCUT2D eigenvalue weighted by Gasteiger charge is 2.20. The molecule has 0 spiro atoms. The number of halogens is 3. The summed E-state index contributed by atoms with van der Waals surface area (Å²) in [4.78, 5) is 12.4. The average molecular weight is 541 g/mol. The molecule has 10 heteroatoms. The Morgan fingerprint density at radius 2 is 1.74 bits per heavy atom. The summed E-state index contributed by atoms with van der Waals surface area (Å²) in [5.41, 5.74) is 1.97. The van der Waals surface area contributed by atoms with E-state index in [1.165, 1.54) is 24.3 Å². The lowest BCUT2D eigenvalue weighted by Crippen LogP contribution is -2.30. The molecule has 0 saturated carbocycles. The van der Waals surface area contributed by atoms with Crippen molar-refractivity contribution in [2.75, 3.05) is 22.9 Å². The number of carbonyl (C=O) groups excluding carboxylic acids is 1. The number of nitrogens with one attached hydrogen (secondary N) is 1. The van der Waals surface area contributed by atoms with Gasteiger partial charge in [0.05, 0.1) is 18.5 Å². The van der Waals surface area contributed by atoms with Gasteiger partial charge in [-0.1, -0.05) is 47.5 Å². The predicted octanol–water partition coefficient (Wildman–Crippen LogP) is 5.76. The van der Waals surface area contributed by atoms with E-state index >= 15 is 0 Å². The van der Waals surface area contributed by atoms with Crippen molar-refractivity contribution in [1.82, 2.24) is 5.32 Å². The number of hydrogen-bond donors (Lipinski definition) is 1. The fourth-order valence-electron chi connectivity index (χ4n) is 3.12. The summed E-state index contributed by atoms with van der Waals surface area (Å²) < 4.78 is 39.8. The molecule has 0 aliphatic carbocycles. The Morgan fingerprint density at radius 3 is 2.38 bits per heavy atom. The van der Waals surface area contributed by atoms with Crippen molar-refractivity contribution < 1.29 is 17.6 Å². The number of hydrogen-bond acceptors (Lipinski definition) is 4. The number of thioether (sulfide) groups is 1. The summed E-state index contributed by atoms with van der Waals surface area (Å²) in [5, 5.41) is 4.04. The third kappa shape index (κ3) is 7.37. The van der Waals surface area contributed by atoms with Gasteiger partial charge in [-0.2, -0.15) is 11.8 Å². The van der Waals surface area contributed by atoms with E-state index < -0.39 is 15.8 Å². The maximum Gasteiger partial charge on any atom is 0.251 e. The molecular weight excluding hydrogens is 518 g/mol. The molecule has 180 valence electrons. The molecule has 1 N–H and O–H groups in total. The van der Waals surface area contributed by atoms with Gasteiger partial charge < -0.3 is 5.32 Å². The molecular formula is C24H23Cl2FN2O3S2. The number of benzene rings is 3. The molecule has 5 nitrogen and oxygen atoms in total. The minimum absolute atomic E-state index is 0.147. The van der Waals surface area contributed by atoms with Gasteiger partial charge in [0.1, 0.15) is 5.82 Å². The molecule has 0 aliphatic heterocycles. The largest absolute Gasteiger partial charge is 0.351 e. The van der Waals surface area contributed by atoms with Crippen LogP contribution in [0.2, 0.25) is 10.0 Å². The lowest BCUT2D eigenvalue weighted by atomic mass is 10.1. The standard InChI is InChI=1S/C24H23Cl2FN2O3S2/c1-34(31,32)29(15-18-4-2-3-5-23(18)27)21-10-7-17(8-11-21)24(30)28-12-13-33-16-19-6-9-20(25)14-22(19)26/h2-11,14H,12-13,15-16H2,1H3,(H,28,30). The molecule has 0 saturated heterocycles. The van der Waals surface area contributed by atoms with Crippen LogP contribution in [0.5, 0.6) is 0 Å². The fourth-order valence-corrected chi connectivity index (χ4v) is 5.42. The molecule has 34 heavy (non-hydrogen) atoms. The molecule has 0 radical (unpaired) electrons. The number of nitrogens with zero attached hydrogens (tertiary/aromatic N) is 1. The van der Waals surface area contributed by atoms with E-state index in [4.69, 9.17) is 23.2 Å². The molecule has 3 aromatic rings. The Labute approximate surface area is 213 Å². The Morgan fingerprint density at radius 1 is 1.03 bits per heavy atom. The summed E-state index contributed by atoms with van der Waals surface area (Å²) in [7, 11) is -3.67. The van der Waals surface area contributed by atoms with Crippen LogP contribution in [0.15, 0.2) is 66.7 Å². The van der Waals surface area contributed by atoms with Crippen LogP contribution in [0.25, 0.3) is 0 Å². The maximum atomic E-state index is 14.0. The van der Waals surface area contributed by atoms with Crippen molar-refractivity contribution in [1.29, 1.82) is 0 Å². The van der Waals surface area contributed by atoms with Gasteiger partial charge in [0.25, 0.3) is 5.91 Å². The quantitative estimate of drug-likeness (QED) is 0.332. The van der Waals surface area contributed by atoms with E-state index in [1.54, 1.807) is 48.2 Å². The van der Waals surface area contributed by atoms with Gasteiger partial charge >= 0.3 is 0 Å². The van der Waals surface area contributed by atoms with Crippen LogP contribution < -0.4 is 9.62 Å². The summed E-state index contributed by atoms with van der Waals surface area (Å²) >= 11 is 13.7. The Bertz CT molecular complexity index is 1260. The summed E-state index contributed by atoms with van der Waals surface area (Å²) in [5.74, 6) is 0.636. The van der Waals surface area contributed by atoms with Gasteiger partial charge in [-0.05, 0) is 48.0 Å². The van der Waals surface area contributed by atoms with Gasteiger partial charge in [-0.15, -0.1) is 0 Å². The summed E-state index contributed by atoms with van der Waals surface area (Å²) in [6, 6.07) is 17.5. The first-order valence-electron chi connectivity index (χ1n) is 10.3. The normalized spacial score (nSPS) is 11.3. The van der Waals surface area contributed by atoms with Gasteiger partial charge in [-0.3, -0.25) is 9.10 Å². The highest BCUT2D eigenvalue weighted by molar-refractivity contribution is 7.98. The van der Waals surface area contributed by atoms with Crippen molar-refractivity contribution in [3.63, 3.8) is 0 Å². The zero-order chi connectivity index (χ0) is 24.7. The van der Waals surface area contributed by atoms with Crippen LogP contribution >= 0.6 is 35.0 Å². The molecule has 0 aliphatic rings. The van der Waals surface area contributed by atoms with E-state index in [-0.39, 0.29) is 18.0 Å². The lowest BCUT2D eigenvalue weighted by Gasteiger charge is -2.23. The Hall–Kier alpha value is -2.26. The molecule has 1 amide bonds. The lowest BCUT2D eigenvalue weighted by molar-refractivity contribution is 0.0956. The second kappa shape index (κ2) is 11.9. The van der Waals surface area contributed by atoms with Crippen LogP contribution in [0.4, 0.5) is 10.1 Å². The second-order valence-electron chi connectivity index (χ2n) is 7.45. The van der Waals surface area contributed by atoms with E-state index in [9.17, 15) is 17.6 Å². The molecule has 0 heterocycles. The number of amides is 1.